The van der Waals surface area contributed by atoms with Gasteiger partial charge in [-0.05, 0) is 61.9 Å². The standard InChI is InChI=1S/C25H24BrN3O/c1-3-4-15-30-21-12-8-18(9-13-21)24-22-16-17(2)5-14-23(22)27-25(29-28-24)19-6-10-20(26)11-7-19/h5-14,16H,3-4,15H2,1-2H3,(H,27,29). The second-order valence-electron chi connectivity index (χ2n) is 7.29. The van der Waals surface area contributed by atoms with Crippen molar-refractivity contribution in [3.8, 4) is 5.75 Å². The topological polar surface area (TPSA) is 46.0 Å². The molecule has 0 fully saturated rings. The largest absolute Gasteiger partial charge is 0.494 e. The van der Waals surface area contributed by atoms with E-state index >= 15 is 0 Å². The quantitative estimate of drug-likeness (QED) is 0.433. The number of aryl methyl sites for hydroxylation is 1. The maximum Gasteiger partial charge on any atom is 0.154 e. The number of nitrogens with one attached hydrogen (secondary N) is 1. The Labute approximate surface area is 185 Å². The number of halogens is 1. The van der Waals surface area contributed by atoms with E-state index in [1.54, 1.807) is 0 Å². The monoisotopic (exact) mass is 461 g/mol. The van der Waals surface area contributed by atoms with E-state index < -0.39 is 0 Å². The first-order valence-electron chi connectivity index (χ1n) is 10.2. The molecule has 30 heavy (non-hydrogen) atoms. The third-order valence-electron chi connectivity index (χ3n) is 4.93. The number of aliphatic imine (C=N–C) groups is 1. The fourth-order valence-corrected chi connectivity index (χ4v) is 3.52. The molecule has 0 aliphatic carbocycles. The molecule has 152 valence electrons. The van der Waals surface area contributed by atoms with Crippen molar-refractivity contribution >= 4 is 33.2 Å². The van der Waals surface area contributed by atoms with Gasteiger partial charge in [-0.3, -0.25) is 5.43 Å². The Bertz CT molecular complexity index is 1090. The van der Waals surface area contributed by atoms with Gasteiger partial charge in [0.15, 0.2) is 5.84 Å². The Kier molecular flexibility index (Phi) is 6.29. The summed E-state index contributed by atoms with van der Waals surface area (Å²) in [6.07, 6.45) is 2.18. The van der Waals surface area contributed by atoms with Crippen LogP contribution in [0, 0.1) is 6.92 Å². The number of nitrogens with zero attached hydrogens (tertiary/aromatic N) is 2. The minimum atomic E-state index is 0.724. The molecule has 1 aliphatic heterocycles. The molecular formula is C25H24BrN3O. The van der Waals surface area contributed by atoms with Crippen molar-refractivity contribution in [2.75, 3.05) is 6.61 Å². The van der Waals surface area contributed by atoms with Crippen LogP contribution in [0.4, 0.5) is 5.69 Å². The maximum atomic E-state index is 5.80. The van der Waals surface area contributed by atoms with Gasteiger partial charge in [-0.2, -0.15) is 5.10 Å². The summed E-state index contributed by atoms with van der Waals surface area (Å²) in [5, 5.41) is 4.74. The number of amidine groups is 1. The lowest BCUT2D eigenvalue weighted by molar-refractivity contribution is 0.309. The molecule has 5 heteroatoms. The van der Waals surface area contributed by atoms with Crippen LogP contribution in [0.25, 0.3) is 0 Å². The number of hydrogen-bond acceptors (Lipinski definition) is 4. The molecule has 1 N–H and O–H groups in total. The SMILES string of the molecule is CCCCOc1ccc(C2=NNC(c3ccc(Br)cc3)=Nc3ccc(C)cc32)cc1. The van der Waals surface area contributed by atoms with Gasteiger partial charge in [-0.25, -0.2) is 4.99 Å². The molecule has 4 rings (SSSR count). The van der Waals surface area contributed by atoms with Crippen LogP contribution >= 0.6 is 15.9 Å². The zero-order valence-corrected chi connectivity index (χ0v) is 18.7. The van der Waals surface area contributed by atoms with Gasteiger partial charge in [0.05, 0.1) is 18.0 Å². The lowest BCUT2D eigenvalue weighted by atomic mass is 9.99. The lowest BCUT2D eigenvalue weighted by Crippen LogP contribution is -2.19. The third-order valence-corrected chi connectivity index (χ3v) is 5.45. The lowest BCUT2D eigenvalue weighted by Gasteiger charge is -2.10. The molecule has 1 aliphatic rings. The molecule has 0 bridgehead atoms. The molecule has 4 nitrogen and oxygen atoms in total. The number of hydrazone groups is 1. The van der Waals surface area contributed by atoms with Crippen LogP contribution in [0.15, 0.2) is 81.3 Å². The average Bonchev–Trinajstić information content (AvgIpc) is 2.94. The van der Waals surface area contributed by atoms with Crippen LogP contribution in [0.3, 0.4) is 0 Å². The summed E-state index contributed by atoms with van der Waals surface area (Å²) in [7, 11) is 0. The number of hydrogen-bond donors (Lipinski definition) is 1. The number of rotatable bonds is 6. The van der Waals surface area contributed by atoms with E-state index in [0.717, 1.165) is 63.6 Å². The second-order valence-corrected chi connectivity index (χ2v) is 8.20. The average molecular weight is 462 g/mol. The highest BCUT2D eigenvalue weighted by Crippen LogP contribution is 2.28. The zero-order chi connectivity index (χ0) is 20.9. The minimum absolute atomic E-state index is 0.724. The van der Waals surface area contributed by atoms with E-state index in [9.17, 15) is 0 Å². The van der Waals surface area contributed by atoms with Gasteiger partial charge in [-0.1, -0.05) is 53.0 Å². The molecule has 1 heterocycles. The number of benzene rings is 3. The van der Waals surface area contributed by atoms with Gasteiger partial charge in [0.1, 0.15) is 5.75 Å². The third kappa shape index (κ3) is 4.62. The van der Waals surface area contributed by atoms with Gasteiger partial charge >= 0.3 is 0 Å². The smallest absolute Gasteiger partial charge is 0.154 e. The maximum absolute atomic E-state index is 5.80. The Balaban J connectivity index is 1.69. The zero-order valence-electron chi connectivity index (χ0n) is 17.2. The van der Waals surface area contributed by atoms with E-state index in [1.165, 1.54) is 5.56 Å². The van der Waals surface area contributed by atoms with Crippen LogP contribution in [0.1, 0.15) is 42.0 Å². The van der Waals surface area contributed by atoms with Crippen molar-refractivity contribution in [2.45, 2.75) is 26.7 Å². The van der Waals surface area contributed by atoms with E-state index in [0.29, 0.717) is 0 Å². The summed E-state index contributed by atoms with van der Waals surface area (Å²) < 4.78 is 6.83. The summed E-state index contributed by atoms with van der Waals surface area (Å²) in [6, 6.07) is 22.4. The highest BCUT2D eigenvalue weighted by Gasteiger charge is 2.17. The fraction of sp³-hybridized carbons (Fsp3) is 0.200. The number of fused-ring (bicyclic) bond motifs is 1. The molecule has 3 aromatic carbocycles. The summed E-state index contributed by atoms with van der Waals surface area (Å²) in [6.45, 7) is 4.98. The van der Waals surface area contributed by atoms with Gasteiger partial charge in [-0.15, -0.1) is 0 Å². The van der Waals surface area contributed by atoms with Crippen LogP contribution in [0.2, 0.25) is 0 Å². The van der Waals surface area contributed by atoms with E-state index in [4.69, 9.17) is 14.8 Å². The van der Waals surface area contributed by atoms with E-state index in [-0.39, 0.29) is 0 Å². The van der Waals surface area contributed by atoms with Gasteiger partial charge in [0, 0.05) is 21.2 Å². The van der Waals surface area contributed by atoms with Gasteiger partial charge < -0.3 is 4.74 Å². The van der Waals surface area contributed by atoms with Crippen molar-refractivity contribution in [3.05, 3.63) is 93.5 Å². The minimum Gasteiger partial charge on any atom is -0.494 e. The van der Waals surface area contributed by atoms with Crippen LogP contribution in [0.5, 0.6) is 5.75 Å². The fourth-order valence-electron chi connectivity index (χ4n) is 3.25. The first kappa shape index (κ1) is 20.4. The van der Waals surface area contributed by atoms with Crippen molar-refractivity contribution in [1.29, 1.82) is 0 Å². The summed E-state index contributed by atoms with van der Waals surface area (Å²) in [4.78, 5) is 4.87. The summed E-state index contributed by atoms with van der Waals surface area (Å²) in [5.74, 6) is 1.60. The van der Waals surface area contributed by atoms with Gasteiger partial charge in [0.25, 0.3) is 0 Å². The molecule has 0 saturated carbocycles. The highest BCUT2D eigenvalue weighted by molar-refractivity contribution is 9.10. The molecule has 0 amide bonds. The van der Waals surface area contributed by atoms with Crippen molar-refractivity contribution in [1.82, 2.24) is 5.43 Å². The van der Waals surface area contributed by atoms with Crippen molar-refractivity contribution in [3.63, 3.8) is 0 Å². The predicted octanol–water partition coefficient (Wildman–Crippen LogP) is 6.37. The summed E-state index contributed by atoms with van der Waals surface area (Å²) in [5.41, 5.74) is 9.12. The van der Waals surface area contributed by atoms with Crippen LogP contribution in [-0.4, -0.2) is 18.2 Å². The molecule has 3 aromatic rings. The molecule has 0 radical (unpaired) electrons. The second kappa shape index (κ2) is 9.26. The number of unbranched alkanes of at least 4 members (excludes halogenated alkanes) is 1. The highest BCUT2D eigenvalue weighted by atomic mass is 79.9. The van der Waals surface area contributed by atoms with E-state index in [1.807, 2.05) is 42.5 Å². The van der Waals surface area contributed by atoms with Crippen molar-refractivity contribution < 1.29 is 4.74 Å². The molecule has 0 spiro atoms. The van der Waals surface area contributed by atoms with Crippen LogP contribution < -0.4 is 10.2 Å². The molecule has 0 unspecified atom stereocenters. The van der Waals surface area contributed by atoms with Crippen LogP contribution in [-0.2, 0) is 0 Å². The predicted molar refractivity (Wildman–Crippen MR) is 127 cm³/mol. The molecule has 0 saturated heterocycles. The molecular weight excluding hydrogens is 438 g/mol. The van der Waals surface area contributed by atoms with Gasteiger partial charge in [0.2, 0.25) is 0 Å². The Morgan fingerprint density at radius 2 is 1.67 bits per heavy atom. The summed E-state index contributed by atoms with van der Waals surface area (Å²) >= 11 is 3.49. The number of ether oxygens (including phenoxy) is 1. The molecule has 0 aromatic heterocycles. The first-order chi connectivity index (χ1) is 14.6. The normalized spacial score (nSPS) is 12.9. The Morgan fingerprint density at radius 3 is 2.40 bits per heavy atom. The first-order valence-corrected chi connectivity index (χ1v) is 11.0. The molecule has 0 atom stereocenters. The van der Waals surface area contributed by atoms with Crippen molar-refractivity contribution in [2.24, 2.45) is 10.1 Å². The van der Waals surface area contributed by atoms with E-state index in [2.05, 4.69) is 59.5 Å². The Morgan fingerprint density at radius 1 is 0.933 bits per heavy atom. The Hall–Kier alpha value is -2.92.